The number of urea groups is 1. The molecular weight excluding hydrogens is 478 g/mol. The number of anilines is 1. The van der Waals surface area contributed by atoms with Crippen molar-refractivity contribution in [2.24, 2.45) is 17.1 Å². The average Bonchev–Trinajstić information content (AvgIpc) is 3.70. The molecule has 1 atom stereocenters. The highest BCUT2D eigenvalue weighted by molar-refractivity contribution is 5.88. The van der Waals surface area contributed by atoms with Crippen LogP contribution in [-0.4, -0.2) is 76.2 Å². The number of amides is 2. The lowest BCUT2D eigenvalue weighted by Crippen LogP contribution is -2.61. The number of nitrogens with one attached hydrogen (secondary N) is 2. The van der Waals surface area contributed by atoms with Crippen molar-refractivity contribution in [2.45, 2.75) is 70.0 Å². The van der Waals surface area contributed by atoms with Crippen molar-refractivity contribution < 1.29 is 4.79 Å². The van der Waals surface area contributed by atoms with E-state index in [2.05, 4.69) is 39.6 Å². The van der Waals surface area contributed by atoms with Gasteiger partial charge in [-0.1, -0.05) is 12.1 Å². The first-order chi connectivity index (χ1) is 18.4. The van der Waals surface area contributed by atoms with Gasteiger partial charge in [0.25, 0.3) is 0 Å². The third-order valence-corrected chi connectivity index (χ3v) is 9.12. The number of rotatable bonds is 8. The SMILES string of the molecule is CC(Cc1ccc(-n2ccc(NC(=O)N3CCNCC3)nc2=O)cc1)N(CC1CC1)C1CC2(CC(N)C2)C1. The number of aromatic nitrogens is 2. The number of hydrogen-bond acceptors (Lipinski definition) is 6. The molecule has 3 saturated carbocycles. The second kappa shape index (κ2) is 10.4. The molecule has 204 valence electrons. The van der Waals surface area contributed by atoms with E-state index in [0.717, 1.165) is 31.1 Å². The molecule has 4 fully saturated rings. The van der Waals surface area contributed by atoms with Crippen LogP contribution in [0.2, 0.25) is 0 Å². The Morgan fingerprint density at radius 2 is 1.87 bits per heavy atom. The highest BCUT2D eigenvalue weighted by atomic mass is 16.2. The summed E-state index contributed by atoms with van der Waals surface area (Å²) in [6.45, 7) is 6.42. The summed E-state index contributed by atoms with van der Waals surface area (Å²) >= 11 is 0. The smallest absolute Gasteiger partial charge is 0.328 e. The molecule has 4 N–H and O–H groups in total. The van der Waals surface area contributed by atoms with Gasteiger partial charge < -0.3 is 16.0 Å². The molecule has 0 bridgehead atoms. The van der Waals surface area contributed by atoms with Crippen LogP contribution in [-0.2, 0) is 6.42 Å². The van der Waals surface area contributed by atoms with Gasteiger partial charge in [0.1, 0.15) is 5.82 Å². The van der Waals surface area contributed by atoms with Crippen molar-refractivity contribution in [1.29, 1.82) is 0 Å². The molecule has 2 amide bonds. The van der Waals surface area contributed by atoms with Crippen molar-refractivity contribution in [2.75, 3.05) is 38.0 Å². The van der Waals surface area contributed by atoms with Crippen LogP contribution in [0.3, 0.4) is 0 Å². The summed E-state index contributed by atoms with van der Waals surface area (Å²) in [6.07, 6.45) is 10.5. The third-order valence-electron chi connectivity index (χ3n) is 9.12. The molecule has 1 aromatic heterocycles. The number of nitrogens with zero attached hydrogens (tertiary/aromatic N) is 4. The summed E-state index contributed by atoms with van der Waals surface area (Å²) in [5, 5.41) is 5.97. The van der Waals surface area contributed by atoms with Gasteiger partial charge in [-0.3, -0.25) is 14.8 Å². The standard InChI is InChI=1S/C29H41N7O2/c1-20(36(19-22-2-3-22)25-17-29(18-25)15-23(30)16-29)14-21-4-6-24(7-5-21)35-11-8-26(33-28(35)38)32-27(37)34-12-9-31-10-13-34/h4-8,11,20,22-23,25,31H,2-3,9-10,12-19,30H2,1H3,(H,32,33,37,38). The fourth-order valence-corrected chi connectivity index (χ4v) is 6.82. The van der Waals surface area contributed by atoms with Gasteiger partial charge in [0.2, 0.25) is 0 Å². The van der Waals surface area contributed by atoms with Crippen LogP contribution in [0.1, 0.15) is 51.0 Å². The minimum Gasteiger partial charge on any atom is -0.328 e. The normalized spacial score (nSPS) is 27.6. The zero-order valence-electron chi connectivity index (χ0n) is 22.4. The van der Waals surface area contributed by atoms with Gasteiger partial charge in [-0.15, -0.1) is 0 Å². The summed E-state index contributed by atoms with van der Waals surface area (Å²) in [5.41, 5.74) is 8.30. The van der Waals surface area contributed by atoms with Crippen LogP contribution < -0.4 is 22.1 Å². The minimum atomic E-state index is -0.408. The molecule has 9 nitrogen and oxygen atoms in total. The number of nitrogens with two attached hydrogens (primary N) is 1. The molecule has 6 rings (SSSR count). The van der Waals surface area contributed by atoms with Crippen molar-refractivity contribution in [1.82, 2.24) is 24.7 Å². The largest absolute Gasteiger partial charge is 0.354 e. The van der Waals surface area contributed by atoms with Crippen LogP contribution in [0.5, 0.6) is 0 Å². The first-order valence-electron chi connectivity index (χ1n) is 14.3. The van der Waals surface area contributed by atoms with Gasteiger partial charge in [-0.05, 0) is 87.0 Å². The first kappa shape index (κ1) is 25.5. The van der Waals surface area contributed by atoms with Gasteiger partial charge in [-0.25, -0.2) is 9.59 Å². The second-order valence-electron chi connectivity index (χ2n) is 12.2. The molecule has 38 heavy (non-hydrogen) atoms. The van der Waals surface area contributed by atoms with Crippen LogP contribution in [0.4, 0.5) is 10.6 Å². The fraction of sp³-hybridized carbons (Fsp3) is 0.621. The quantitative estimate of drug-likeness (QED) is 0.495. The Morgan fingerprint density at radius 1 is 1.16 bits per heavy atom. The lowest BCUT2D eigenvalue weighted by molar-refractivity contribution is -0.0774. The molecule has 3 aliphatic carbocycles. The Kier molecular flexibility index (Phi) is 7.01. The summed E-state index contributed by atoms with van der Waals surface area (Å²) < 4.78 is 1.52. The Bertz CT molecular complexity index is 1190. The van der Waals surface area contributed by atoms with Crippen molar-refractivity contribution in [3.8, 4) is 5.69 Å². The average molecular weight is 520 g/mol. The van der Waals surface area contributed by atoms with E-state index < -0.39 is 5.69 Å². The molecule has 0 radical (unpaired) electrons. The number of benzene rings is 1. The van der Waals surface area contributed by atoms with Crippen molar-refractivity contribution in [3.05, 3.63) is 52.6 Å². The highest BCUT2D eigenvalue weighted by Gasteiger charge is 2.53. The fourth-order valence-electron chi connectivity index (χ4n) is 6.82. The topological polar surface area (TPSA) is 109 Å². The van der Waals surface area contributed by atoms with E-state index in [1.54, 1.807) is 17.2 Å². The molecule has 9 heteroatoms. The van der Waals surface area contributed by atoms with Crippen molar-refractivity contribution in [3.63, 3.8) is 0 Å². The van der Waals surface area contributed by atoms with E-state index in [1.165, 1.54) is 55.2 Å². The Balaban J connectivity index is 1.07. The van der Waals surface area contributed by atoms with Gasteiger partial charge in [0.05, 0.1) is 5.69 Å². The molecule has 1 aromatic carbocycles. The Hall–Kier alpha value is -2.75. The van der Waals surface area contributed by atoms with E-state index in [9.17, 15) is 9.59 Å². The molecule has 1 unspecified atom stereocenters. The minimum absolute atomic E-state index is 0.223. The van der Waals surface area contributed by atoms with Gasteiger partial charge in [-0.2, -0.15) is 4.98 Å². The van der Waals surface area contributed by atoms with E-state index >= 15 is 0 Å². The molecule has 2 aromatic rings. The summed E-state index contributed by atoms with van der Waals surface area (Å²) in [6, 6.07) is 11.3. The number of hydrogen-bond donors (Lipinski definition) is 3. The maximum absolute atomic E-state index is 12.7. The predicted octanol–water partition coefficient (Wildman–Crippen LogP) is 2.58. The molecule has 1 spiro atoms. The first-order valence-corrected chi connectivity index (χ1v) is 14.3. The summed E-state index contributed by atoms with van der Waals surface area (Å²) in [5.74, 6) is 1.15. The second-order valence-corrected chi connectivity index (χ2v) is 12.2. The third kappa shape index (κ3) is 5.51. The Morgan fingerprint density at radius 3 is 2.50 bits per heavy atom. The zero-order chi connectivity index (χ0) is 26.3. The monoisotopic (exact) mass is 519 g/mol. The molecule has 4 aliphatic rings. The van der Waals surface area contributed by atoms with Gasteiger partial charge >= 0.3 is 11.7 Å². The molecule has 1 aliphatic heterocycles. The van der Waals surface area contributed by atoms with Crippen LogP contribution in [0, 0.1) is 11.3 Å². The van der Waals surface area contributed by atoms with Gasteiger partial charge in [0.15, 0.2) is 0 Å². The summed E-state index contributed by atoms with van der Waals surface area (Å²) in [4.78, 5) is 33.8. The number of carbonyl (C=O) groups is 1. The molecule has 2 heterocycles. The van der Waals surface area contributed by atoms with E-state index in [-0.39, 0.29) is 11.8 Å². The van der Waals surface area contributed by atoms with Crippen LogP contribution in [0.25, 0.3) is 5.69 Å². The predicted molar refractivity (Wildman–Crippen MR) is 149 cm³/mol. The number of carbonyl (C=O) groups excluding carboxylic acids is 1. The summed E-state index contributed by atoms with van der Waals surface area (Å²) in [7, 11) is 0. The molecule has 1 saturated heterocycles. The maximum atomic E-state index is 12.7. The van der Waals surface area contributed by atoms with E-state index in [4.69, 9.17) is 5.73 Å². The van der Waals surface area contributed by atoms with E-state index in [0.29, 0.717) is 36.6 Å². The zero-order valence-corrected chi connectivity index (χ0v) is 22.4. The van der Waals surface area contributed by atoms with Gasteiger partial charge in [0, 0.05) is 57.0 Å². The lowest BCUT2D eigenvalue weighted by Gasteiger charge is -2.60. The van der Waals surface area contributed by atoms with E-state index in [1.807, 2.05) is 12.1 Å². The molecular formula is C29H41N7O2. The van der Waals surface area contributed by atoms with Crippen LogP contribution in [0.15, 0.2) is 41.3 Å². The Labute approximate surface area is 224 Å². The highest BCUT2D eigenvalue weighted by Crippen LogP contribution is 2.57. The van der Waals surface area contributed by atoms with Crippen molar-refractivity contribution >= 4 is 11.8 Å². The lowest BCUT2D eigenvalue weighted by atomic mass is 9.52. The van der Waals surface area contributed by atoms with Crippen LogP contribution >= 0.6 is 0 Å². The maximum Gasteiger partial charge on any atom is 0.354 e. The number of piperazine rings is 1.